The predicted molar refractivity (Wildman–Crippen MR) is 66.6 cm³/mol. The summed E-state index contributed by atoms with van der Waals surface area (Å²) < 4.78 is 1.91. The highest BCUT2D eigenvalue weighted by molar-refractivity contribution is 9.13. The van der Waals surface area contributed by atoms with Crippen molar-refractivity contribution >= 4 is 60.1 Å². The van der Waals surface area contributed by atoms with Crippen molar-refractivity contribution in [2.45, 2.75) is 0 Å². The second-order valence-corrected chi connectivity index (χ2v) is 4.89. The standard InChI is InChI=1S/C9H5Br2ClN2/c10-5-1-4-2-7(13)9(12)14-8(4)3-6(5)11/h1-3H,13H2. The summed E-state index contributed by atoms with van der Waals surface area (Å²) in [6, 6.07) is 5.64. The first-order chi connectivity index (χ1) is 6.58. The monoisotopic (exact) mass is 334 g/mol. The Morgan fingerprint density at radius 3 is 2.50 bits per heavy atom. The molecule has 0 spiro atoms. The quantitative estimate of drug-likeness (QED) is 0.739. The number of nitrogen functional groups attached to an aromatic ring is 1. The molecule has 1 aromatic carbocycles. The molecule has 0 aliphatic carbocycles. The first kappa shape index (κ1) is 10.2. The van der Waals surface area contributed by atoms with E-state index >= 15 is 0 Å². The van der Waals surface area contributed by atoms with E-state index in [1.165, 1.54) is 0 Å². The number of nitrogens with zero attached hydrogens (tertiary/aromatic N) is 1. The van der Waals surface area contributed by atoms with Crippen molar-refractivity contribution in [2.24, 2.45) is 0 Å². The van der Waals surface area contributed by atoms with Gasteiger partial charge in [0.25, 0.3) is 0 Å². The number of halogens is 3. The third-order valence-corrected chi connectivity index (χ3v) is 3.98. The van der Waals surface area contributed by atoms with Gasteiger partial charge in [-0.05, 0) is 50.1 Å². The van der Waals surface area contributed by atoms with E-state index in [1.807, 2.05) is 18.2 Å². The lowest BCUT2D eigenvalue weighted by Crippen LogP contribution is -1.90. The molecule has 0 radical (unpaired) electrons. The SMILES string of the molecule is Nc1cc2cc(Br)c(Br)cc2nc1Cl. The van der Waals surface area contributed by atoms with Gasteiger partial charge in [0.05, 0.1) is 11.2 Å². The molecule has 0 bridgehead atoms. The van der Waals surface area contributed by atoms with E-state index in [4.69, 9.17) is 17.3 Å². The number of pyridine rings is 1. The van der Waals surface area contributed by atoms with Gasteiger partial charge in [0, 0.05) is 14.3 Å². The zero-order valence-electron chi connectivity index (χ0n) is 6.89. The molecular weight excluding hydrogens is 331 g/mol. The van der Waals surface area contributed by atoms with Gasteiger partial charge >= 0.3 is 0 Å². The molecule has 2 nitrogen and oxygen atoms in total. The summed E-state index contributed by atoms with van der Waals surface area (Å²) in [6.07, 6.45) is 0. The molecule has 2 N–H and O–H groups in total. The first-order valence-corrected chi connectivity index (χ1v) is 5.75. The van der Waals surface area contributed by atoms with Gasteiger partial charge in [-0.15, -0.1) is 0 Å². The zero-order chi connectivity index (χ0) is 10.3. The molecule has 0 amide bonds. The highest BCUT2D eigenvalue weighted by Crippen LogP contribution is 2.30. The lowest BCUT2D eigenvalue weighted by Gasteiger charge is -2.03. The summed E-state index contributed by atoms with van der Waals surface area (Å²) in [5.41, 5.74) is 6.97. The largest absolute Gasteiger partial charge is 0.396 e. The molecule has 0 atom stereocenters. The van der Waals surface area contributed by atoms with Crippen LogP contribution in [0.3, 0.4) is 0 Å². The van der Waals surface area contributed by atoms with E-state index in [-0.39, 0.29) is 0 Å². The molecule has 0 aliphatic heterocycles. The Bertz CT molecular complexity index is 424. The van der Waals surface area contributed by atoms with Crippen molar-refractivity contribution in [1.82, 2.24) is 4.98 Å². The van der Waals surface area contributed by atoms with Crippen LogP contribution < -0.4 is 5.73 Å². The van der Waals surface area contributed by atoms with E-state index in [0.29, 0.717) is 10.8 Å². The zero-order valence-corrected chi connectivity index (χ0v) is 10.8. The fraction of sp³-hybridized carbons (Fsp3) is 0. The second-order valence-electron chi connectivity index (χ2n) is 2.83. The van der Waals surface area contributed by atoms with Gasteiger partial charge in [-0.3, -0.25) is 0 Å². The van der Waals surface area contributed by atoms with E-state index in [1.54, 1.807) is 0 Å². The lowest BCUT2D eigenvalue weighted by atomic mass is 10.2. The first-order valence-electron chi connectivity index (χ1n) is 3.78. The average Bonchev–Trinajstić information content (AvgIpc) is 2.11. The summed E-state index contributed by atoms with van der Waals surface area (Å²) in [5, 5.41) is 1.30. The predicted octanol–water partition coefficient (Wildman–Crippen LogP) is 4.00. The number of anilines is 1. The fourth-order valence-electron chi connectivity index (χ4n) is 1.16. The third-order valence-electron chi connectivity index (χ3n) is 1.84. The number of hydrogen-bond donors (Lipinski definition) is 1. The number of nitrogens with two attached hydrogens (primary N) is 1. The normalized spacial score (nSPS) is 10.8. The molecule has 0 saturated carbocycles. The van der Waals surface area contributed by atoms with Gasteiger partial charge in [-0.1, -0.05) is 11.6 Å². The van der Waals surface area contributed by atoms with E-state index in [2.05, 4.69) is 36.8 Å². The Morgan fingerprint density at radius 2 is 1.79 bits per heavy atom. The maximum atomic E-state index is 5.82. The van der Waals surface area contributed by atoms with Crippen LogP contribution in [0.25, 0.3) is 10.9 Å². The summed E-state index contributed by atoms with van der Waals surface area (Å²) in [6.45, 7) is 0. The van der Waals surface area contributed by atoms with Crippen LogP contribution in [0.2, 0.25) is 5.15 Å². The maximum Gasteiger partial charge on any atom is 0.152 e. The Balaban J connectivity index is 2.83. The van der Waals surface area contributed by atoms with E-state index in [9.17, 15) is 0 Å². The third kappa shape index (κ3) is 1.74. The molecule has 0 unspecified atom stereocenters. The number of fused-ring (bicyclic) bond motifs is 1. The summed E-state index contributed by atoms with van der Waals surface area (Å²) in [7, 11) is 0. The maximum absolute atomic E-state index is 5.82. The smallest absolute Gasteiger partial charge is 0.152 e. The highest BCUT2D eigenvalue weighted by atomic mass is 79.9. The van der Waals surface area contributed by atoms with Crippen molar-refractivity contribution in [2.75, 3.05) is 5.73 Å². The Labute approximate surface area is 103 Å². The Morgan fingerprint density at radius 1 is 1.14 bits per heavy atom. The van der Waals surface area contributed by atoms with E-state index < -0.39 is 0 Å². The van der Waals surface area contributed by atoms with Gasteiger partial charge in [0.1, 0.15) is 0 Å². The summed E-state index contributed by atoms with van der Waals surface area (Å²) in [4.78, 5) is 4.17. The summed E-state index contributed by atoms with van der Waals surface area (Å²) in [5.74, 6) is 0. The molecule has 0 fully saturated rings. The van der Waals surface area contributed by atoms with Gasteiger partial charge < -0.3 is 5.73 Å². The van der Waals surface area contributed by atoms with Crippen molar-refractivity contribution in [3.63, 3.8) is 0 Å². The Hall–Kier alpha value is -0.320. The lowest BCUT2D eigenvalue weighted by molar-refractivity contribution is 1.40. The summed E-state index contributed by atoms with van der Waals surface area (Å²) >= 11 is 12.6. The van der Waals surface area contributed by atoms with Crippen LogP contribution in [0, 0.1) is 0 Å². The van der Waals surface area contributed by atoms with Crippen molar-refractivity contribution in [3.8, 4) is 0 Å². The number of rotatable bonds is 0. The van der Waals surface area contributed by atoms with Gasteiger partial charge in [-0.2, -0.15) is 0 Å². The van der Waals surface area contributed by atoms with Crippen LogP contribution in [0.5, 0.6) is 0 Å². The molecule has 2 rings (SSSR count). The average molecular weight is 336 g/mol. The Kier molecular flexibility index (Phi) is 2.68. The minimum absolute atomic E-state index is 0.340. The number of benzene rings is 1. The molecular formula is C9H5Br2ClN2. The second kappa shape index (κ2) is 3.68. The van der Waals surface area contributed by atoms with Gasteiger partial charge in [0.2, 0.25) is 0 Å². The molecule has 14 heavy (non-hydrogen) atoms. The van der Waals surface area contributed by atoms with Gasteiger partial charge in [0.15, 0.2) is 5.15 Å². The topological polar surface area (TPSA) is 38.9 Å². The fourth-order valence-corrected chi connectivity index (χ4v) is 2.00. The van der Waals surface area contributed by atoms with Crippen LogP contribution in [0.4, 0.5) is 5.69 Å². The minimum atomic E-state index is 0.340. The van der Waals surface area contributed by atoms with Crippen LogP contribution in [-0.4, -0.2) is 4.98 Å². The van der Waals surface area contributed by atoms with Crippen LogP contribution in [0.1, 0.15) is 0 Å². The van der Waals surface area contributed by atoms with Crippen LogP contribution >= 0.6 is 43.5 Å². The van der Waals surface area contributed by atoms with Crippen molar-refractivity contribution in [1.29, 1.82) is 0 Å². The van der Waals surface area contributed by atoms with Crippen molar-refractivity contribution in [3.05, 3.63) is 32.3 Å². The molecule has 1 aromatic heterocycles. The van der Waals surface area contributed by atoms with Gasteiger partial charge in [-0.25, -0.2) is 4.98 Å². The molecule has 1 heterocycles. The minimum Gasteiger partial charge on any atom is -0.396 e. The molecule has 5 heteroatoms. The van der Waals surface area contributed by atoms with E-state index in [0.717, 1.165) is 19.8 Å². The molecule has 0 aliphatic rings. The van der Waals surface area contributed by atoms with Crippen molar-refractivity contribution < 1.29 is 0 Å². The molecule has 0 saturated heterocycles. The number of hydrogen-bond acceptors (Lipinski definition) is 2. The van der Waals surface area contributed by atoms with Crippen LogP contribution in [-0.2, 0) is 0 Å². The molecule has 2 aromatic rings. The molecule has 72 valence electrons. The number of aromatic nitrogens is 1. The highest BCUT2D eigenvalue weighted by Gasteiger charge is 2.04. The van der Waals surface area contributed by atoms with Crippen LogP contribution in [0.15, 0.2) is 27.1 Å².